The number of ketones is 1. The Morgan fingerprint density at radius 2 is 1.86 bits per heavy atom. The zero-order valence-corrected chi connectivity index (χ0v) is 21.6. The molecule has 0 aliphatic carbocycles. The fourth-order valence-electron chi connectivity index (χ4n) is 4.28. The molecule has 3 aromatic rings. The molecule has 1 aliphatic heterocycles. The summed E-state index contributed by atoms with van der Waals surface area (Å²) in [5.41, 5.74) is 1.83. The molecule has 0 fully saturated rings. The minimum absolute atomic E-state index is 0.0889. The highest BCUT2D eigenvalue weighted by Gasteiger charge is 2.44. The van der Waals surface area contributed by atoms with Crippen molar-refractivity contribution in [2.75, 3.05) is 20.3 Å². The van der Waals surface area contributed by atoms with Crippen LogP contribution in [0.15, 0.2) is 77.4 Å². The van der Waals surface area contributed by atoms with E-state index >= 15 is 0 Å². The van der Waals surface area contributed by atoms with E-state index in [-0.39, 0.29) is 11.4 Å². The molecule has 2 aromatic carbocycles. The van der Waals surface area contributed by atoms with Gasteiger partial charge < -0.3 is 19.5 Å². The molecule has 1 N–H and O–H groups in total. The number of aliphatic hydroxyl groups excluding tert-OH is 1. The standard InChI is InChI=1S/C29H31NO5S/c1-19(2)14-16-35-22-12-11-21(18-23(22)34-3)26-25(27(31)24-10-7-17-36-24)28(32)29(33)30(26)15-13-20-8-5-4-6-9-20/h4-12,17-19,26,32H,13-16H2,1-3H3. The van der Waals surface area contributed by atoms with Crippen molar-refractivity contribution >= 4 is 23.0 Å². The molecule has 0 radical (unpaired) electrons. The zero-order chi connectivity index (χ0) is 25.7. The zero-order valence-electron chi connectivity index (χ0n) is 20.8. The van der Waals surface area contributed by atoms with E-state index in [0.29, 0.717) is 47.4 Å². The van der Waals surface area contributed by atoms with Crippen LogP contribution >= 0.6 is 11.3 Å². The number of rotatable bonds is 11. The van der Waals surface area contributed by atoms with Gasteiger partial charge in [0, 0.05) is 6.54 Å². The van der Waals surface area contributed by atoms with E-state index < -0.39 is 17.7 Å². The number of hydrogen-bond acceptors (Lipinski definition) is 6. The quantitative estimate of drug-likeness (QED) is 0.323. The predicted molar refractivity (Wildman–Crippen MR) is 141 cm³/mol. The van der Waals surface area contributed by atoms with Crippen LogP contribution in [0.3, 0.4) is 0 Å². The Balaban J connectivity index is 1.69. The molecule has 1 aliphatic rings. The molecule has 0 saturated carbocycles. The fourth-order valence-corrected chi connectivity index (χ4v) is 4.95. The third-order valence-electron chi connectivity index (χ3n) is 6.23. The molecule has 1 aromatic heterocycles. The topological polar surface area (TPSA) is 76.1 Å². The van der Waals surface area contributed by atoms with Gasteiger partial charge in [-0.15, -0.1) is 11.3 Å². The molecule has 7 heteroatoms. The number of carbonyl (C=O) groups is 2. The SMILES string of the molecule is COc1cc(C2C(C(=O)c3cccs3)=C(O)C(=O)N2CCc2ccccc2)ccc1OCCC(C)C. The molecule has 6 nitrogen and oxygen atoms in total. The second kappa shape index (κ2) is 11.4. The number of nitrogens with zero attached hydrogens (tertiary/aromatic N) is 1. The maximum Gasteiger partial charge on any atom is 0.290 e. The van der Waals surface area contributed by atoms with E-state index in [1.165, 1.54) is 11.3 Å². The Hall–Kier alpha value is -3.58. The number of ether oxygens (including phenoxy) is 2. The Kier molecular flexibility index (Phi) is 8.10. The summed E-state index contributed by atoms with van der Waals surface area (Å²) >= 11 is 1.28. The van der Waals surface area contributed by atoms with E-state index in [1.807, 2.05) is 36.4 Å². The van der Waals surface area contributed by atoms with Crippen LogP contribution in [0.1, 0.15) is 47.1 Å². The first kappa shape index (κ1) is 25.5. The first-order chi connectivity index (χ1) is 17.4. The second-order valence-electron chi connectivity index (χ2n) is 9.15. The summed E-state index contributed by atoms with van der Waals surface area (Å²) in [5.74, 6) is 0.230. The molecule has 0 bridgehead atoms. The Bertz CT molecular complexity index is 1230. The van der Waals surface area contributed by atoms with Crippen molar-refractivity contribution in [2.24, 2.45) is 5.92 Å². The van der Waals surface area contributed by atoms with E-state index in [9.17, 15) is 14.7 Å². The Morgan fingerprint density at radius 1 is 1.08 bits per heavy atom. The number of carbonyl (C=O) groups excluding carboxylic acids is 2. The van der Waals surface area contributed by atoms with Crippen LogP contribution in [0.25, 0.3) is 0 Å². The van der Waals surface area contributed by atoms with Gasteiger partial charge in [0.25, 0.3) is 5.91 Å². The molecule has 4 rings (SSSR count). The van der Waals surface area contributed by atoms with Crippen molar-refractivity contribution in [1.29, 1.82) is 0 Å². The van der Waals surface area contributed by atoms with Gasteiger partial charge >= 0.3 is 0 Å². The summed E-state index contributed by atoms with van der Waals surface area (Å²) in [6, 6.07) is 18.0. The lowest BCUT2D eigenvalue weighted by molar-refractivity contribution is -0.129. The number of methoxy groups -OCH3 is 1. The van der Waals surface area contributed by atoms with Crippen molar-refractivity contribution in [3.8, 4) is 11.5 Å². The molecule has 1 unspecified atom stereocenters. The average molecular weight is 506 g/mol. The van der Waals surface area contributed by atoms with Crippen LogP contribution in [-0.2, 0) is 11.2 Å². The van der Waals surface area contributed by atoms with E-state index in [1.54, 1.807) is 41.7 Å². The Morgan fingerprint density at radius 3 is 2.53 bits per heavy atom. The molecule has 36 heavy (non-hydrogen) atoms. The fraction of sp³-hybridized carbons (Fsp3) is 0.310. The smallest absolute Gasteiger partial charge is 0.290 e. The molecular formula is C29H31NO5S. The molecule has 1 amide bonds. The highest BCUT2D eigenvalue weighted by molar-refractivity contribution is 7.12. The third-order valence-corrected chi connectivity index (χ3v) is 7.10. The number of Topliss-reactive ketones (excluding diaryl/α,β-unsaturated/α-hetero) is 1. The highest BCUT2D eigenvalue weighted by atomic mass is 32.1. The number of benzene rings is 2. The summed E-state index contributed by atoms with van der Waals surface area (Å²) in [5, 5.41) is 12.7. The maximum absolute atomic E-state index is 13.5. The van der Waals surface area contributed by atoms with Gasteiger partial charge in [0.05, 0.1) is 30.2 Å². The second-order valence-corrected chi connectivity index (χ2v) is 10.1. The van der Waals surface area contributed by atoms with Crippen LogP contribution in [-0.4, -0.2) is 42.0 Å². The monoisotopic (exact) mass is 505 g/mol. The van der Waals surface area contributed by atoms with Gasteiger partial charge in [-0.05, 0) is 53.5 Å². The maximum atomic E-state index is 13.5. The van der Waals surface area contributed by atoms with Gasteiger partial charge in [-0.3, -0.25) is 9.59 Å². The average Bonchev–Trinajstić information content (AvgIpc) is 3.50. The predicted octanol–water partition coefficient (Wildman–Crippen LogP) is 6.00. The van der Waals surface area contributed by atoms with Crippen molar-refractivity contribution < 1.29 is 24.2 Å². The lowest BCUT2D eigenvalue weighted by Gasteiger charge is -2.27. The van der Waals surface area contributed by atoms with Crippen LogP contribution < -0.4 is 9.47 Å². The summed E-state index contributed by atoms with van der Waals surface area (Å²) in [7, 11) is 1.56. The Labute approximate surface area is 215 Å². The highest BCUT2D eigenvalue weighted by Crippen LogP contribution is 2.42. The lowest BCUT2D eigenvalue weighted by atomic mass is 9.95. The van der Waals surface area contributed by atoms with Gasteiger partial charge in [0.1, 0.15) is 0 Å². The summed E-state index contributed by atoms with van der Waals surface area (Å²) in [6.07, 6.45) is 1.50. The molecule has 188 valence electrons. The molecular weight excluding hydrogens is 474 g/mol. The minimum Gasteiger partial charge on any atom is -0.503 e. The normalized spacial score (nSPS) is 15.6. The van der Waals surface area contributed by atoms with Gasteiger partial charge in [0.15, 0.2) is 17.3 Å². The van der Waals surface area contributed by atoms with E-state index in [0.717, 1.165) is 12.0 Å². The number of aliphatic hydroxyl groups is 1. The molecule has 2 heterocycles. The lowest BCUT2D eigenvalue weighted by Crippen LogP contribution is -2.33. The summed E-state index contributed by atoms with van der Waals surface area (Å²) < 4.78 is 11.5. The van der Waals surface area contributed by atoms with Gasteiger partial charge in [-0.1, -0.05) is 56.3 Å². The third kappa shape index (κ3) is 5.46. The van der Waals surface area contributed by atoms with Crippen molar-refractivity contribution in [3.05, 3.63) is 93.4 Å². The van der Waals surface area contributed by atoms with Crippen molar-refractivity contribution in [3.63, 3.8) is 0 Å². The number of thiophene rings is 1. The number of hydrogen-bond donors (Lipinski definition) is 1. The summed E-state index contributed by atoms with van der Waals surface area (Å²) in [4.78, 5) is 28.7. The largest absolute Gasteiger partial charge is 0.503 e. The number of amides is 1. The van der Waals surface area contributed by atoms with Crippen LogP contribution in [0.5, 0.6) is 11.5 Å². The van der Waals surface area contributed by atoms with Crippen LogP contribution in [0.2, 0.25) is 0 Å². The van der Waals surface area contributed by atoms with Gasteiger partial charge in [-0.25, -0.2) is 0 Å². The first-order valence-corrected chi connectivity index (χ1v) is 13.0. The van der Waals surface area contributed by atoms with Gasteiger partial charge in [0.2, 0.25) is 5.78 Å². The molecule has 0 spiro atoms. The van der Waals surface area contributed by atoms with Crippen LogP contribution in [0, 0.1) is 5.92 Å². The minimum atomic E-state index is -0.741. The first-order valence-electron chi connectivity index (χ1n) is 12.1. The molecule has 1 atom stereocenters. The van der Waals surface area contributed by atoms with Crippen molar-refractivity contribution in [2.45, 2.75) is 32.7 Å². The van der Waals surface area contributed by atoms with E-state index in [4.69, 9.17) is 9.47 Å². The van der Waals surface area contributed by atoms with Gasteiger partial charge in [-0.2, -0.15) is 0 Å². The van der Waals surface area contributed by atoms with Crippen LogP contribution in [0.4, 0.5) is 0 Å². The van der Waals surface area contributed by atoms with Crippen molar-refractivity contribution in [1.82, 2.24) is 4.90 Å². The molecule has 0 saturated heterocycles. The summed E-state index contributed by atoms with van der Waals surface area (Å²) in [6.45, 7) is 5.17. The van der Waals surface area contributed by atoms with E-state index in [2.05, 4.69) is 13.8 Å².